The largest absolute Gasteiger partial charge is 0.507 e. The van der Waals surface area contributed by atoms with E-state index in [4.69, 9.17) is 4.74 Å². The van der Waals surface area contributed by atoms with Gasteiger partial charge in [-0.15, -0.1) is 0 Å². The monoisotopic (exact) mass is 323 g/mol. The van der Waals surface area contributed by atoms with Gasteiger partial charge in [-0.05, 0) is 49.1 Å². The van der Waals surface area contributed by atoms with Crippen LogP contribution < -0.4 is 4.74 Å². The lowest BCUT2D eigenvalue weighted by Gasteiger charge is -2.11. The van der Waals surface area contributed by atoms with E-state index in [1.807, 2.05) is 19.1 Å². The fourth-order valence-electron chi connectivity index (χ4n) is 2.78. The normalized spacial score (nSPS) is 10.8. The van der Waals surface area contributed by atoms with Crippen LogP contribution in [0, 0.1) is 13.8 Å². The summed E-state index contributed by atoms with van der Waals surface area (Å²) in [6.07, 6.45) is 0.799. The first-order chi connectivity index (χ1) is 11.5. The lowest BCUT2D eigenvalue weighted by atomic mass is 9.98. The van der Waals surface area contributed by atoms with Crippen LogP contribution in [-0.2, 0) is 6.42 Å². The Morgan fingerprint density at radius 3 is 2.46 bits per heavy atom. The van der Waals surface area contributed by atoms with E-state index in [0.717, 1.165) is 23.2 Å². The number of phenolic OH excluding ortho intramolecular Hbond substituents is 1. The third-order valence-electron chi connectivity index (χ3n) is 4.36. The lowest BCUT2D eigenvalue weighted by molar-refractivity contribution is 0.403. The molecule has 0 fully saturated rings. The van der Waals surface area contributed by atoms with Crippen LogP contribution in [-0.4, -0.2) is 27.6 Å². The van der Waals surface area contributed by atoms with Crippen LogP contribution in [0.4, 0.5) is 0 Å². The van der Waals surface area contributed by atoms with Gasteiger partial charge in [0, 0.05) is 17.2 Å². The average Bonchev–Trinajstić information content (AvgIpc) is 3.06. The van der Waals surface area contributed by atoms with Gasteiger partial charge >= 0.3 is 0 Å². The Bertz CT molecular complexity index is 884. The number of aromatic amines is 1. The van der Waals surface area contributed by atoms with E-state index < -0.39 is 0 Å². The molecule has 0 unspecified atom stereocenters. The SMILES string of the molecule is CCc1cc(-c2n[nH]nc2-c2ccc(C)c(C)c2)c(O)cc1OC. The van der Waals surface area contributed by atoms with Gasteiger partial charge in [0.05, 0.1) is 7.11 Å². The summed E-state index contributed by atoms with van der Waals surface area (Å²) in [6.45, 7) is 6.19. The Morgan fingerprint density at radius 1 is 1.04 bits per heavy atom. The number of hydrogen-bond acceptors (Lipinski definition) is 4. The molecule has 0 aliphatic carbocycles. The molecule has 0 bridgehead atoms. The zero-order valence-corrected chi connectivity index (χ0v) is 14.3. The van der Waals surface area contributed by atoms with Crippen molar-refractivity contribution in [2.24, 2.45) is 0 Å². The summed E-state index contributed by atoms with van der Waals surface area (Å²) in [7, 11) is 1.60. The van der Waals surface area contributed by atoms with Crippen LogP contribution >= 0.6 is 0 Å². The molecule has 24 heavy (non-hydrogen) atoms. The second kappa shape index (κ2) is 6.35. The number of H-pyrrole nitrogens is 1. The molecule has 0 saturated heterocycles. The highest BCUT2D eigenvalue weighted by Crippen LogP contribution is 2.38. The van der Waals surface area contributed by atoms with Crippen molar-refractivity contribution in [2.75, 3.05) is 7.11 Å². The first-order valence-electron chi connectivity index (χ1n) is 7.93. The van der Waals surface area contributed by atoms with Gasteiger partial charge in [-0.2, -0.15) is 15.4 Å². The van der Waals surface area contributed by atoms with Gasteiger partial charge in [0.1, 0.15) is 22.9 Å². The van der Waals surface area contributed by atoms with Gasteiger partial charge in [-0.1, -0.05) is 19.1 Å². The van der Waals surface area contributed by atoms with E-state index in [1.165, 1.54) is 11.1 Å². The van der Waals surface area contributed by atoms with Crippen molar-refractivity contribution >= 4 is 0 Å². The number of aryl methyl sites for hydroxylation is 3. The first-order valence-corrected chi connectivity index (χ1v) is 7.93. The Morgan fingerprint density at radius 2 is 1.79 bits per heavy atom. The first kappa shape index (κ1) is 16.1. The number of aromatic hydroxyl groups is 1. The van der Waals surface area contributed by atoms with Gasteiger partial charge < -0.3 is 9.84 Å². The maximum Gasteiger partial charge on any atom is 0.128 e. The third kappa shape index (κ3) is 2.73. The van der Waals surface area contributed by atoms with Crippen molar-refractivity contribution in [2.45, 2.75) is 27.2 Å². The number of benzene rings is 2. The van der Waals surface area contributed by atoms with Crippen LogP contribution in [0.25, 0.3) is 22.5 Å². The number of phenols is 1. The molecule has 1 aromatic heterocycles. The number of nitrogens with one attached hydrogen (secondary N) is 1. The number of aromatic nitrogens is 3. The maximum atomic E-state index is 10.4. The average molecular weight is 323 g/mol. The van der Waals surface area contributed by atoms with Crippen molar-refractivity contribution in [3.63, 3.8) is 0 Å². The van der Waals surface area contributed by atoms with E-state index in [2.05, 4.69) is 41.4 Å². The van der Waals surface area contributed by atoms with Crippen LogP contribution in [0.1, 0.15) is 23.6 Å². The Balaban J connectivity index is 2.15. The molecular weight excluding hydrogens is 302 g/mol. The molecule has 3 aromatic rings. The summed E-state index contributed by atoms with van der Waals surface area (Å²) < 4.78 is 5.33. The van der Waals surface area contributed by atoms with E-state index in [0.29, 0.717) is 17.0 Å². The second-order valence-electron chi connectivity index (χ2n) is 5.85. The van der Waals surface area contributed by atoms with Gasteiger partial charge in [-0.3, -0.25) is 0 Å². The highest BCUT2D eigenvalue weighted by atomic mass is 16.5. The summed E-state index contributed by atoms with van der Waals surface area (Å²) in [5, 5.41) is 21.7. The van der Waals surface area contributed by atoms with Crippen molar-refractivity contribution < 1.29 is 9.84 Å². The lowest BCUT2D eigenvalue weighted by Crippen LogP contribution is -1.93. The molecule has 2 aromatic carbocycles. The zero-order chi connectivity index (χ0) is 17.3. The van der Waals surface area contributed by atoms with E-state index >= 15 is 0 Å². The highest BCUT2D eigenvalue weighted by molar-refractivity contribution is 5.81. The standard InChI is InChI=1S/C19H21N3O2/c1-5-13-9-15(16(23)10-17(13)24-4)19-18(20-22-21-19)14-7-6-11(2)12(3)8-14/h6-10,23H,5H2,1-4H3,(H,20,21,22). The maximum absolute atomic E-state index is 10.4. The topological polar surface area (TPSA) is 71.0 Å². The van der Waals surface area contributed by atoms with Crippen molar-refractivity contribution in [3.8, 4) is 34.0 Å². The minimum Gasteiger partial charge on any atom is -0.507 e. The van der Waals surface area contributed by atoms with E-state index in [9.17, 15) is 5.11 Å². The van der Waals surface area contributed by atoms with Gasteiger partial charge in [0.2, 0.25) is 0 Å². The fourth-order valence-corrected chi connectivity index (χ4v) is 2.78. The van der Waals surface area contributed by atoms with Crippen molar-refractivity contribution in [1.82, 2.24) is 15.4 Å². The van der Waals surface area contributed by atoms with Crippen LogP contribution in [0.5, 0.6) is 11.5 Å². The summed E-state index contributed by atoms with van der Waals surface area (Å²) in [6, 6.07) is 9.71. The molecule has 0 amide bonds. The van der Waals surface area contributed by atoms with Gasteiger partial charge in [-0.25, -0.2) is 0 Å². The molecule has 0 aliphatic rings. The number of nitrogens with zero attached hydrogens (tertiary/aromatic N) is 2. The molecular formula is C19H21N3O2. The molecule has 0 aliphatic heterocycles. The minimum absolute atomic E-state index is 0.128. The van der Waals surface area contributed by atoms with Crippen molar-refractivity contribution in [1.29, 1.82) is 0 Å². The molecule has 0 spiro atoms. The van der Waals surface area contributed by atoms with Crippen LogP contribution in [0.3, 0.4) is 0 Å². The Kier molecular flexibility index (Phi) is 4.25. The molecule has 3 rings (SSSR count). The summed E-state index contributed by atoms with van der Waals surface area (Å²) in [4.78, 5) is 0. The number of hydrogen-bond donors (Lipinski definition) is 2. The van der Waals surface area contributed by atoms with Crippen molar-refractivity contribution in [3.05, 3.63) is 47.0 Å². The second-order valence-corrected chi connectivity index (χ2v) is 5.85. The predicted molar refractivity (Wildman–Crippen MR) is 94.3 cm³/mol. The fraction of sp³-hybridized carbons (Fsp3) is 0.263. The third-order valence-corrected chi connectivity index (χ3v) is 4.36. The van der Waals surface area contributed by atoms with Crippen LogP contribution in [0.15, 0.2) is 30.3 Å². The Labute approximate surface area is 141 Å². The zero-order valence-electron chi connectivity index (χ0n) is 14.3. The number of rotatable bonds is 4. The molecule has 0 saturated carbocycles. The molecule has 2 N–H and O–H groups in total. The van der Waals surface area contributed by atoms with Crippen LogP contribution in [0.2, 0.25) is 0 Å². The predicted octanol–water partition coefficient (Wildman–Crippen LogP) is 4.03. The highest BCUT2D eigenvalue weighted by Gasteiger charge is 2.18. The number of ether oxygens (including phenoxy) is 1. The van der Waals surface area contributed by atoms with E-state index in [1.54, 1.807) is 13.2 Å². The molecule has 0 radical (unpaired) electrons. The minimum atomic E-state index is 0.128. The summed E-state index contributed by atoms with van der Waals surface area (Å²) in [5.74, 6) is 0.804. The molecule has 5 nitrogen and oxygen atoms in total. The quantitative estimate of drug-likeness (QED) is 0.760. The van der Waals surface area contributed by atoms with E-state index in [-0.39, 0.29) is 5.75 Å². The van der Waals surface area contributed by atoms with Gasteiger partial charge in [0.15, 0.2) is 0 Å². The summed E-state index contributed by atoms with van der Waals surface area (Å²) in [5.41, 5.74) is 6.40. The number of methoxy groups -OCH3 is 1. The Hall–Kier alpha value is -2.82. The molecule has 1 heterocycles. The summed E-state index contributed by atoms with van der Waals surface area (Å²) >= 11 is 0. The molecule has 5 heteroatoms. The molecule has 124 valence electrons. The van der Waals surface area contributed by atoms with Gasteiger partial charge in [0.25, 0.3) is 0 Å². The smallest absolute Gasteiger partial charge is 0.128 e. The molecule has 0 atom stereocenters.